The van der Waals surface area contributed by atoms with E-state index >= 15 is 0 Å². The van der Waals surface area contributed by atoms with Crippen LogP contribution in [-0.2, 0) is 16.2 Å². The van der Waals surface area contributed by atoms with Crippen LogP contribution in [0.1, 0.15) is 29.3 Å². The molecule has 0 radical (unpaired) electrons. The molecule has 0 fully saturated rings. The van der Waals surface area contributed by atoms with Gasteiger partial charge in [0, 0.05) is 34.8 Å². The fourth-order valence-electron chi connectivity index (χ4n) is 3.41. The third kappa shape index (κ3) is 5.21. The summed E-state index contributed by atoms with van der Waals surface area (Å²) in [6.45, 7) is 1.46. The lowest BCUT2D eigenvalue weighted by atomic mass is 9.95. The Hall–Kier alpha value is -4.24. The Balaban J connectivity index is 0.000000636. The molecule has 0 aliphatic carbocycles. The molecule has 9 nitrogen and oxygen atoms in total. The summed E-state index contributed by atoms with van der Waals surface area (Å²) in [5, 5.41) is 19.8. The number of amidine groups is 1. The predicted octanol–water partition coefficient (Wildman–Crippen LogP) is 1.35. The third-order valence-corrected chi connectivity index (χ3v) is 5.13. The van der Waals surface area contributed by atoms with Gasteiger partial charge in [0.2, 0.25) is 5.69 Å². The van der Waals surface area contributed by atoms with Gasteiger partial charge in [-0.3, -0.25) is 4.79 Å². The third-order valence-electron chi connectivity index (χ3n) is 4.83. The number of rotatable bonds is 4. The topological polar surface area (TPSA) is 121 Å². The van der Waals surface area contributed by atoms with Crippen molar-refractivity contribution in [3.63, 3.8) is 0 Å². The molecule has 2 aromatic carbocycles. The fraction of sp³-hybridized carbons (Fsp3) is 0.125. The number of aliphatic carboxylic acids is 1. The van der Waals surface area contributed by atoms with E-state index in [-0.39, 0.29) is 12.5 Å². The number of pyridine rings is 1. The number of hydrogen-bond donors (Lipinski definition) is 1. The van der Waals surface area contributed by atoms with Gasteiger partial charge in [0.1, 0.15) is 12.3 Å². The molecule has 0 saturated carbocycles. The molecule has 5 rings (SSSR count). The minimum Gasteiger partial charge on any atom is -0.550 e. The molecule has 0 spiro atoms. The molecule has 1 aromatic heterocycles. The predicted molar refractivity (Wildman–Crippen MR) is 123 cm³/mol. The zero-order chi connectivity index (χ0) is 24.1. The van der Waals surface area contributed by atoms with E-state index in [9.17, 15) is 4.79 Å². The van der Waals surface area contributed by atoms with Crippen molar-refractivity contribution in [3.8, 4) is 5.75 Å². The number of carboxylic acid groups (broad SMARTS) is 1. The van der Waals surface area contributed by atoms with E-state index in [0.717, 1.165) is 35.0 Å². The standard InChI is InChI=1S/C22H16ClN5O2.C2H4O2/c23-18-11-14(8-9-19(18)30-13-15-5-3-4-10-24-15)21-16-6-1-2-7-17(16)22-26-25-20(29)12-28(22)27-21;1-2(3)4/h1-11H,12-13H2,(H,25,29);1H3,(H,3,4). The quantitative estimate of drug-likeness (QED) is 0.608. The lowest BCUT2D eigenvalue weighted by Crippen LogP contribution is -2.45. The van der Waals surface area contributed by atoms with E-state index in [0.29, 0.717) is 23.2 Å². The van der Waals surface area contributed by atoms with Gasteiger partial charge in [-0.1, -0.05) is 35.9 Å². The smallest absolute Gasteiger partial charge is 0.261 e. The average Bonchev–Trinajstić information content (AvgIpc) is 2.83. The highest BCUT2D eigenvalue weighted by atomic mass is 35.5. The van der Waals surface area contributed by atoms with Crippen molar-refractivity contribution in [1.82, 2.24) is 10.4 Å². The van der Waals surface area contributed by atoms with E-state index < -0.39 is 5.97 Å². The zero-order valence-electron chi connectivity index (χ0n) is 18.1. The number of halogens is 1. The number of nitrogens with zero attached hydrogens (tertiary/aromatic N) is 3. The summed E-state index contributed by atoms with van der Waals surface area (Å²) >= 11 is 6.51. The molecular weight excluding hydrogens is 458 g/mol. The molecule has 0 unspecified atom stereocenters. The lowest BCUT2D eigenvalue weighted by Gasteiger charge is -2.30. The van der Waals surface area contributed by atoms with E-state index in [1.165, 1.54) is 0 Å². The first-order valence-corrected chi connectivity index (χ1v) is 10.7. The molecule has 3 aromatic rings. The van der Waals surface area contributed by atoms with Gasteiger partial charge in [0.25, 0.3) is 5.91 Å². The second-order valence-corrected chi connectivity index (χ2v) is 7.74. The zero-order valence-corrected chi connectivity index (χ0v) is 18.9. The number of carbonyl (C=O) groups excluding carboxylic acids is 2. The van der Waals surface area contributed by atoms with Crippen molar-refractivity contribution >= 4 is 35.0 Å². The maximum Gasteiger partial charge on any atom is 0.261 e. The van der Waals surface area contributed by atoms with Gasteiger partial charge in [0.05, 0.1) is 10.7 Å². The molecular formula is C24H20ClN5O4. The number of benzene rings is 2. The Kier molecular flexibility index (Phi) is 6.84. The summed E-state index contributed by atoms with van der Waals surface area (Å²) in [5.74, 6) is -0.0817. The van der Waals surface area contributed by atoms with Crippen molar-refractivity contribution in [2.24, 2.45) is 10.2 Å². The molecule has 2 N–H and O–H groups in total. The number of aromatic amines is 1. The molecule has 0 atom stereocenters. The Morgan fingerprint density at radius 2 is 1.91 bits per heavy atom. The molecule has 3 heterocycles. The number of carboxylic acids is 1. The Labute approximate surface area is 200 Å². The number of fused-ring (bicyclic) bond motifs is 3. The van der Waals surface area contributed by atoms with E-state index in [1.54, 1.807) is 5.01 Å². The van der Waals surface area contributed by atoms with Gasteiger partial charge in [-0.25, -0.2) is 15.4 Å². The SMILES string of the molecule is CC(=O)[O-].O=C1CN2N=C(c3ccc(OCc4cccc[nH+]4)c(Cl)c3)c3ccccc3C2=NN1. The second kappa shape index (κ2) is 10.1. The molecule has 10 heteroatoms. The van der Waals surface area contributed by atoms with Crippen LogP contribution < -0.4 is 20.3 Å². The highest BCUT2D eigenvalue weighted by Crippen LogP contribution is 2.30. The van der Waals surface area contributed by atoms with Gasteiger partial charge < -0.3 is 14.6 Å². The summed E-state index contributed by atoms with van der Waals surface area (Å²) in [5.41, 5.74) is 6.84. The Bertz CT molecular complexity index is 1290. The van der Waals surface area contributed by atoms with E-state index in [2.05, 4.69) is 20.6 Å². The molecule has 2 aliphatic rings. The summed E-state index contributed by atoms with van der Waals surface area (Å²) < 4.78 is 5.85. The summed E-state index contributed by atoms with van der Waals surface area (Å²) in [6, 6.07) is 19.2. The maximum absolute atomic E-state index is 11.8. The van der Waals surface area contributed by atoms with Gasteiger partial charge in [-0.15, -0.1) is 0 Å². The molecule has 0 saturated heterocycles. The normalized spacial score (nSPS) is 13.8. The van der Waals surface area contributed by atoms with Crippen LogP contribution in [0.15, 0.2) is 77.1 Å². The number of nitrogens with one attached hydrogen (secondary N) is 2. The van der Waals surface area contributed by atoms with Crippen molar-refractivity contribution < 1.29 is 24.4 Å². The van der Waals surface area contributed by atoms with Crippen LogP contribution in [0.25, 0.3) is 0 Å². The van der Waals surface area contributed by atoms with Crippen LogP contribution in [0.5, 0.6) is 5.75 Å². The Morgan fingerprint density at radius 1 is 1.18 bits per heavy atom. The van der Waals surface area contributed by atoms with Crippen LogP contribution in [0.2, 0.25) is 5.02 Å². The van der Waals surface area contributed by atoms with Crippen LogP contribution in [0.4, 0.5) is 0 Å². The monoisotopic (exact) mass is 477 g/mol. The second-order valence-electron chi connectivity index (χ2n) is 7.34. The lowest BCUT2D eigenvalue weighted by molar-refractivity contribution is -0.394. The number of H-pyrrole nitrogens is 1. The Morgan fingerprint density at radius 3 is 2.62 bits per heavy atom. The number of hydrogen-bond acceptors (Lipinski definition) is 7. The minimum atomic E-state index is -1.08. The van der Waals surface area contributed by atoms with Crippen molar-refractivity contribution in [1.29, 1.82) is 0 Å². The van der Waals surface area contributed by atoms with Crippen molar-refractivity contribution in [2.75, 3.05) is 6.54 Å². The van der Waals surface area contributed by atoms with Crippen LogP contribution >= 0.6 is 11.6 Å². The van der Waals surface area contributed by atoms with Crippen molar-refractivity contribution in [3.05, 3.63) is 94.3 Å². The molecule has 1 amide bonds. The largest absolute Gasteiger partial charge is 0.550 e. The van der Waals surface area contributed by atoms with Gasteiger partial charge in [-0.2, -0.15) is 10.2 Å². The highest BCUT2D eigenvalue weighted by molar-refractivity contribution is 6.33. The van der Waals surface area contributed by atoms with Gasteiger partial charge >= 0.3 is 0 Å². The molecule has 172 valence electrons. The van der Waals surface area contributed by atoms with Gasteiger partial charge in [-0.05, 0) is 31.2 Å². The van der Waals surface area contributed by atoms with Gasteiger partial charge in [0.15, 0.2) is 18.6 Å². The number of ether oxygens (including phenoxy) is 1. The molecule has 34 heavy (non-hydrogen) atoms. The molecule has 2 aliphatic heterocycles. The molecule has 0 bridgehead atoms. The maximum atomic E-state index is 11.8. The first-order chi connectivity index (χ1) is 16.4. The van der Waals surface area contributed by atoms with Crippen LogP contribution in [0.3, 0.4) is 0 Å². The van der Waals surface area contributed by atoms with Crippen molar-refractivity contribution in [2.45, 2.75) is 13.5 Å². The van der Waals surface area contributed by atoms with Crippen LogP contribution in [0, 0.1) is 0 Å². The summed E-state index contributed by atoms with van der Waals surface area (Å²) in [7, 11) is 0. The van der Waals surface area contributed by atoms with E-state index in [1.807, 2.05) is 66.9 Å². The fourth-order valence-corrected chi connectivity index (χ4v) is 3.65. The number of aromatic nitrogens is 1. The number of carbonyl (C=O) groups is 2. The number of hydrazone groups is 2. The first kappa shape index (κ1) is 22.9. The highest BCUT2D eigenvalue weighted by Gasteiger charge is 2.30. The summed E-state index contributed by atoms with van der Waals surface area (Å²) in [4.78, 5) is 23.8. The number of amides is 1. The minimum absolute atomic E-state index is 0.110. The average molecular weight is 478 g/mol. The van der Waals surface area contributed by atoms with Crippen LogP contribution in [-0.4, -0.2) is 35.0 Å². The first-order valence-electron chi connectivity index (χ1n) is 10.3. The summed E-state index contributed by atoms with van der Waals surface area (Å²) in [6.07, 6.45) is 1.85. The van der Waals surface area contributed by atoms with E-state index in [4.69, 9.17) is 26.2 Å².